The lowest BCUT2D eigenvalue weighted by Gasteiger charge is -2.13. The zero-order chi connectivity index (χ0) is 23.8. The lowest BCUT2D eigenvalue weighted by Crippen LogP contribution is -2.20. The van der Waals surface area contributed by atoms with Crippen LogP contribution in [0.2, 0.25) is 0 Å². The van der Waals surface area contributed by atoms with Crippen molar-refractivity contribution in [3.63, 3.8) is 0 Å². The third kappa shape index (κ3) is 6.65. The van der Waals surface area contributed by atoms with Crippen LogP contribution in [0.4, 0.5) is 5.82 Å². The molecular weight excluding hydrogens is 418 g/mol. The molecule has 3 rings (SSSR count). The summed E-state index contributed by atoms with van der Waals surface area (Å²) >= 11 is 0. The maximum Gasteiger partial charge on any atom is 0.216 e. The number of hydrogen-bond acceptors (Lipinski definition) is 6. The number of nitrogen functional groups attached to an aromatic ring is 1. The van der Waals surface area contributed by atoms with Crippen LogP contribution < -0.4 is 11.1 Å². The predicted molar refractivity (Wildman–Crippen MR) is 132 cm³/mol. The molecule has 3 N–H and O–H groups in total. The SMILES string of the molecule is CCOCc1nc2c(N)nc3cc(CCCCNC(C)=O)ccc3c2n1CCCOC(C)C. The normalized spacial score (nSPS) is 11.7. The highest BCUT2D eigenvalue weighted by molar-refractivity contribution is 6.06. The first-order valence-corrected chi connectivity index (χ1v) is 11.9. The number of nitrogens with two attached hydrogens (primary N) is 1. The topological polar surface area (TPSA) is 104 Å². The van der Waals surface area contributed by atoms with Crippen molar-refractivity contribution in [1.29, 1.82) is 0 Å². The third-order valence-electron chi connectivity index (χ3n) is 5.53. The van der Waals surface area contributed by atoms with Gasteiger partial charge in [-0.1, -0.05) is 12.1 Å². The highest BCUT2D eigenvalue weighted by Gasteiger charge is 2.17. The second kappa shape index (κ2) is 12.0. The fourth-order valence-electron chi connectivity index (χ4n) is 3.96. The van der Waals surface area contributed by atoms with Crippen molar-refractivity contribution >= 4 is 33.7 Å². The van der Waals surface area contributed by atoms with E-state index in [4.69, 9.17) is 20.2 Å². The van der Waals surface area contributed by atoms with Crippen molar-refractivity contribution in [2.24, 2.45) is 0 Å². The van der Waals surface area contributed by atoms with Crippen LogP contribution in [0.15, 0.2) is 18.2 Å². The van der Waals surface area contributed by atoms with Gasteiger partial charge in [0.1, 0.15) is 17.9 Å². The number of ether oxygens (including phenoxy) is 2. The molecule has 3 aromatic rings. The first-order valence-electron chi connectivity index (χ1n) is 11.9. The standard InChI is InChI=1S/C25H37N5O3/c1-5-32-16-22-29-23-24(30(22)13-8-14-33-17(2)3)20-11-10-19(15-21(20)28-25(23)26)9-6-7-12-27-18(4)31/h10-11,15,17H,5-9,12-14,16H2,1-4H3,(H2,26,28)(H,27,31). The highest BCUT2D eigenvalue weighted by atomic mass is 16.5. The second-order valence-corrected chi connectivity index (χ2v) is 8.58. The summed E-state index contributed by atoms with van der Waals surface area (Å²) in [4.78, 5) is 20.5. The van der Waals surface area contributed by atoms with Crippen molar-refractivity contribution in [2.75, 3.05) is 25.5 Å². The molecular formula is C25H37N5O3. The van der Waals surface area contributed by atoms with Crippen molar-refractivity contribution in [3.05, 3.63) is 29.6 Å². The van der Waals surface area contributed by atoms with E-state index in [-0.39, 0.29) is 12.0 Å². The van der Waals surface area contributed by atoms with Crippen LogP contribution in [0.3, 0.4) is 0 Å². The molecule has 0 saturated carbocycles. The Morgan fingerprint density at radius 3 is 2.76 bits per heavy atom. The van der Waals surface area contributed by atoms with Crippen molar-refractivity contribution in [1.82, 2.24) is 19.9 Å². The average Bonchev–Trinajstić information content (AvgIpc) is 3.13. The minimum Gasteiger partial charge on any atom is -0.382 e. The lowest BCUT2D eigenvalue weighted by atomic mass is 10.0. The zero-order valence-corrected chi connectivity index (χ0v) is 20.3. The van der Waals surface area contributed by atoms with Gasteiger partial charge in [-0.05, 0) is 58.1 Å². The first-order chi connectivity index (χ1) is 15.9. The van der Waals surface area contributed by atoms with Crippen LogP contribution in [0, 0.1) is 0 Å². The van der Waals surface area contributed by atoms with Crippen LogP contribution in [0.1, 0.15) is 58.3 Å². The van der Waals surface area contributed by atoms with E-state index < -0.39 is 0 Å². The maximum absolute atomic E-state index is 11.0. The number of pyridine rings is 1. The molecule has 0 aliphatic rings. The first kappa shape index (κ1) is 24.9. The second-order valence-electron chi connectivity index (χ2n) is 8.58. The number of imidazole rings is 1. The number of nitrogens with zero attached hydrogens (tertiary/aromatic N) is 3. The molecule has 33 heavy (non-hydrogen) atoms. The van der Waals surface area contributed by atoms with Crippen LogP contribution in [0.5, 0.6) is 0 Å². The van der Waals surface area contributed by atoms with E-state index in [0.29, 0.717) is 32.2 Å². The Labute approximate surface area is 195 Å². The predicted octanol–water partition coefficient (Wildman–Crippen LogP) is 3.98. The van der Waals surface area contributed by atoms with Crippen LogP contribution >= 0.6 is 0 Å². The summed E-state index contributed by atoms with van der Waals surface area (Å²) < 4.78 is 13.6. The van der Waals surface area contributed by atoms with Gasteiger partial charge in [0.25, 0.3) is 0 Å². The molecule has 0 spiro atoms. The van der Waals surface area contributed by atoms with Gasteiger partial charge in [0.2, 0.25) is 5.91 Å². The summed E-state index contributed by atoms with van der Waals surface area (Å²) in [6.45, 7) is 10.8. The molecule has 0 saturated heterocycles. The minimum absolute atomic E-state index is 0.0143. The third-order valence-corrected chi connectivity index (χ3v) is 5.53. The summed E-state index contributed by atoms with van der Waals surface area (Å²) in [5.41, 5.74) is 10.2. The van der Waals surface area contributed by atoms with Gasteiger partial charge in [-0.25, -0.2) is 9.97 Å². The van der Waals surface area contributed by atoms with E-state index in [9.17, 15) is 4.79 Å². The van der Waals surface area contributed by atoms with Gasteiger partial charge in [-0.2, -0.15) is 0 Å². The summed E-state index contributed by atoms with van der Waals surface area (Å²) in [6, 6.07) is 6.39. The molecule has 2 heterocycles. The van der Waals surface area contributed by atoms with E-state index in [1.807, 2.05) is 20.8 Å². The number of carbonyl (C=O) groups excluding carboxylic acids is 1. The lowest BCUT2D eigenvalue weighted by molar-refractivity contribution is -0.118. The molecule has 8 nitrogen and oxygen atoms in total. The number of benzene rings is 1. The van der Waals surface area contributed by atoms with E-state index in [2.05, 4.69) is 33.1 Å². The average molecular weight is 456 g/mol. The molecule has 0 fully saturated rings. The molecule has 0 unspecified atom stereocenters. The Morgan fingerprint density at radius 1 is 1.21 bits per heavy atom. The highest BCUT2D eigenvalue weighted by Crippen LogP contribution is 2.30. The Bertz CT molecular complexity index is 1080. The molecule has 0 radical (unpaired) electrons. The van der Waals surface area contributed by atoms with E-state index in [0.717, 1.165) is 60.0 Å². The van der Waals surface area contributed by atoms with Crippen LogP contribution in [-0.4, -0.2) is 46.3 Å². The zero-order valence-electron chi connectivity index (χ0n) is 20.3. The quantitative estimate of drug-likeness (QED) is 0.378. The van der Waals surface area contributed by atoms with Gasteiger partial charge in [-0.15, -0.1) is 0 Å². The number of carbonyl (C=O) groups is 1. The number of rotatable bonds is 13. The molecule has 8 heteroatoms. The number of aromatic nitrogens is 3. The Hall–Kier alpha value is -2.71. The molecule has 0 aliphatic carbocycles. The number of amides is 1. The summed E-state index contributed by atoms with van der Waals surface area (Å²) in [7, 11) is 0. The number of fused-ring (bicyclic) bond motifs is 3. The monoisotopic (exact) mass is 455 g/mol. The van der Waals surface area contributed by atoms with Gasteiger partial charge >= 0.3 is 0 Å². The minimum atomic E-state index is 0.0143. The van der Waals surface area contributed by atoms with Crippen molar-refractivity contribution in [2.45, 2.75) is 72.6 Å². The molecule has 2 aromatic heterocycles. The fraction of sp³-hybridized carbons (Fsp3) is 0.560. The Balaban J connectivity index is 1.88. The smallest absolute Gasteiger partial charge is 0.216 e. The molecule has 1 amide bonds. The van der Waals surface area contributed by atoms with Gasteiger partial charge in [-0.3, -0.25) is 4.79 Å². The number of anilines is 1. The molecule has 180 valence electrons. The van der Waals surface area contributed by atoms with Crippen molar-refractivity contribution in [3.8, 4) is 0 Å². The number of nitrogens with one attached hydrogen (secondary N) is 1. The Kier molecular flexibility index (Phi) is 9.03. The fourth-order valence-corrected chi connectivity index (χ4v) is 3.96. The molecule has 0 bridgehead atoms. The van der Waals surface area contributed by atoms with Crippen LogP contribution in [-0.2, 0) is 33.8 Å². The van der Waals surface area contributed by atoms with Crippen LogP contribution in [0.25, 0.3) is 21.9 Å². The molecule has 0 aliphatic heterocycles. The van der Waals surface area contributed by atoms with Gasteiger partial charge in [0, 0.05) is 38.6 Å². The number of unbranched alkanes of at least 4 members (excludes halogenated alkanes) is 1. The van der Waals surface area contributed by atoms with E-state index in [1.54, 1.807) is 6.92 Å². The van der Waals surface area contributed by atoms with Gasteiger partial charge in [0.05, 0.1) is 17.1 Å². The van der Waals surface area contributed by atoms with Gasteiger partial charge < -0.3 is 25.1 Å². The molecule has 0 atom stereocenters. The van der Waals surface area contributed by atoms with Crippen molar-refractivity contribution < 1.29 is 14.3 Å². The number of aryl methyl sites for hydroxylation is 2. The number of hydrogen-bond donors (Lipinski definition) is 2. The molecule has 1 aromatic carbocycles. The Morgan fingerprint density at radius 2 is 2.03 bits per heavy atom. The summed E-state index contributed by atoms with van der Waals surface area (Å²) in [5, 5.41) is 3.89. The van der Waals surface area contributed by atoms with Gasteiger partial charge in [0.15, 0.2) is 5.82 Å². The summed E-state index contributed by atoms with van der Waals surface area (Å²) in [5.74, 6) is 1.31. The largest absolute Gasteiger partial charge is 0.382 e. The van der Waals surface area contributed by atoms with E-state index >= 15 is 0 Å². The summed E-state index contributed by atoms with van der Waals surface area (Å²) in [6.07, 6.45) is 3.95. The van der Waals surface area contributed by atoms with E-state index in [1.165, 1.54) is 5.56 Å². The maximum atomic E-state index is 11.0.